The van der Waals surface area contributed by atoms with Crippen molar-refractivity contribution in [3.8, 4) is 6.07 Å². The van der Waals surface area contributed by atoms with Crippen LogP contribution in [0.3, 0.4) is 0 Å². The lowest BCUT2D eigenvalue weighted by Crippen LogP contribution is -2.32. The van der Waals surface area contributed by atoms with Gasteiger partial charge in [-0.2, -0.15) is 5.26 Å². The molecule has 1 rings (SSSR count). The van der Waals surface area contributed by atoms with E-state index in [9.17, 15) is 5.11 Å². The maximum Gasteiger partial charge on any atom is 0.115 e. The smallest absolute Gasteiger partial charge is 0.115 e. The van der Waals surface area contributed by atoms with E-state index in [1.165, 1.54) is 0 Å². The van der Waals surface area contributed by atoms with Crippen molar-refractivity contribution in [3.63, 3.8) is 0 Å². The maximum absolute atomic E-state index is 9.75. The first-order valence-electron chi connectivity index (χ1n) is 6.46. The molecule has 0 aliphatic carbocycles. The van der Waals surface area contributed by atoms with E-state index in [-0.39, 0.29) is 18.2 Å². The van der Waals surface area contributed by atoms with E-state index in [0.717, 1.165) is 6.54 Å². The molecular formula is C13H23N3O2. The molecule has 0 aromatic heterocycles. The largest absolute Gasteiger partial charge is 0.393 e. The molecule has 1 aliphatic heterocycles. The fourth-order valence-electron chi connectivity index (χ4n) is 1.85. The second kappa shape index (κ2) is 7.24. The average molecular weight is 253 g/mol. The van der Waals surface area contributed by atoms with Gasteiger partial charge in [0, 0.05) is 18.9 Å². The predicted octanol–water partition coefficient (Wildman–Crippen LogP) is 0.857. The molecule has 5 heteroatoms. The predicted molar refractivity (Wildman–Crippen MR) is 69.2 cm³/mol. The highest BCUT2D eigenvalue weighted by Crippen LogP contribution is 2.12. The van der Waals surface area contributed by atoms with E-state index in [1.807, 2.05) is 24.2 Å². The third-order valence-electron chi connectivity index (χ3n) is 3.17. The number of rotatable bonds is 7. The van der Waals surface area contributed by atoms with Crippen molar-refractivity contribution in [2.75, 3.05) is 13.2 Å². The van der Waals surface area contributed by atoms with Gasteiger partial charge in [-0.25, -0.2) is 0 Å². The first-order chi connectivity index (χ1) is 8.52. The van der Waals surface area contributed by atoms with Crippen LogP contribution < -0.4 is 0 Å². The van der Waals surface area contributed by atoms with E-state index in [4.69, 9.17) is 10.4 Å². The second-order valence-corrected chi connectivity index (χ2v) is 4.94. The summed E-state index contributed by atoms with van der Waals surface area (Å²) in [5, 5.41) is 27.7. The number of nitrogens with zero attached hydrogens (tertiary/aromatic N) is 3. The first kappa shape index (κ1) is 14.8. The van der Waals surface area contributed by atoms with Gasteiger partial charge in [-0.3, -0.25) is 0 Å². The monoisotopic (exact) mass is 253 g/mol. The summed E-state index contributed by atoms with van der Waals surface area (Å²) in [5.74, 6) is 0. The fraction of sp³-hybridized carbons (Fsp3) is 0.769. The zero-order chi connectivity index (χ0) is 13.5. The summed E-state index contributed by atoms with van der Waals surface area (Å²) in [6, 6.07) is 2.08. The van der Waals surface area contributed by atoms with Gasteiger partial charge in [-0.1, -0.05) is 0 Å². The molecule has 5 nitrogen and oxygen atoms in total. The molecule has 0 saturated carbocycles. The Balaban J connectivity index is 2.18. The standard InChI is InChI=1S/C13H23N3O2/c1-11(9-14)16-8-7-15(10-16)6-5-13(18)4-3-12(2)17/h7-8,11-13,17-18H,3-6,10H2,1-2H3. The molecule has 0 fully saturated rings. The van der Waals surface area contributed by atoms with Crippen LogP contribution in [0.1, 0.15) is 33.1 Å². The number of hydrogen-bond donors (Lipinski definition) is 2. The van der Waals surface area contributed by atoms with E-state index < -0.39 is 0 Å². The quantitative estimate of drug-likeness (QED) is 0.704. The van der Waals surface area contributed by atoms with Gasteiger partial charge in [0.05, 0.1) is 24.9 Å². The zero-order valence-corrected chi connectivity index (χ0v) is 11.2. The summed E-state index contributed by atoms with van der Waals surface area (Å²) in [5.41, 5.74) is 0. The number of nitriles is 1. The molecule has 0 saturated heterocycles. The van der Waals surface area contributed by atoms with Crippen LogP contribution in [-0.2, 0) is 0 Å². The van der Waals surface area contributed by atoms with Crippen LogP contribution in [0.25, 0.3) is 0 Å². The van der Waals surface area contributed by atoms with Crippen LogP contribution >= 0.6 is 0 Å². The van der Waals surface area contributed by atoms with Crippen LogP contribution in [0, 0.1) is 11.3 Å². The average Bonchev–Trinajstić information content (AvgIpc) is 2.81. The van der Waals surface area contributed by atoms with Crippen molar-refractivity contribution >= 4 is 0 Å². The van der Waals surface area contributed by atoms with Crippen molar-refractivity contribution in [3.05, 3.63) is 12.4 Å². The third-order valence-corrected chi connectivity index (χ3v) is 3.17. The molecule has 0 aromatic rings. The van der Waals surface area contributed by atoms with Crippen LogP contribution in [0.5, 0.6) is 0 Å². The molecule has 3 unspecified atom stereocenters. The molecule has 1 heterocycles. The minimum Gasteiger partial charge on any atom is -0.393 e. The van der Waals surface area contributed by atoms with Crippen LogP contribution in [-0.4, -0.2) is 51.5 Å². The van der Waals surface area contributed by atoms with Gasteiger partial charge in [0.15, 0.2) is 0 Å². The number of aliphatic hydroxyl groups is 2. The highest BCUT2D eigenvalue weighted by Gasteiger charge is 2.17. The Labute approximate surface area is 109 Å². The zero-order valence-electron chi connectivity index (χ0n) is 11.2. The highest BCUT2D eigenvalue weighted by molar-refractivity contribution is 4.99. The van der Waals surface area contributed by atoms with Gasteiger partial charge in [0.2, 0.25) is 0 Å². The summed E-state index contributed by atoms with van der Waals surface area (Å²) in [6.07, 6.45) is 5.10. The molecule has 0 bridgehead atoms. The molecule has 0 amide bonds. The Morgan fingerprint density at radius 1 is 1.22 bits per heavy atom. The fourth-order valence-corrected chi connectivity index (χ4v) is 1.85. The lowest BCUT2D eigenvalue weighted by molar-refractivity contribution is 0.107. The summed E-state index contributed by atoms with van der Waals surface area (Å²) in [4.78, 5) is 4.04. The summed E-state index contributed by atoms with van der Waals surface area (Å²) in [7, 11) is 0. The topological polar surface area (TPSA) is 70.7 Å². The van der Waals surface area contributed by atoms with Crippen molar-refractivity contribution in [1.82, 2.24) is 9.80 Å². The maximum atomic E-state index is 9.75. The van der Waals surface area contributed by atoms with E-state index in [1.54, 1.807) is 6.92 Å². The molecule has 3 atom stereocenters. The molecule has 18 heavy (non-hydrogen) atoms. The number of aliphatic hydroxyl groups excluding tert-OH is 2. The Hall–Kier alpha value is -1.25. The normalized spacial score (nSPS) is 19.7. The van der Waals surface area contributed by atoms with Crippen LogP contribution in [0.2, 0.25) is 0 Å². The van der Waals surface area contributed by atoms with Crippen molar-refractivity contribution in [2.45, 2.75) is 51.4 Å². The minimum absolute atomic E-state index is 0.119. The Kier molecular flexibility index (Phi) is 5.96. The Morgan fingerprint density at radius 3 is 2.56 bits per heavy atom. The highest BCUT2D eigenvalue weighted by atomic mass is 16.3. The van der Waals surface area contributed by atoms with Gasteiger partial charge in [-0.05, 0) is 33.1 Å². The lowest BCUT2D eigenvalue weighted by atomic mass is 10.1. The van der Waals surface area contributed by atoms with Crippen molar-refractivity contribution < 1.29 is 10.2 Å². The van der Waals surface area contributed by atoms with E-state index in [0.29, 0.717) is 25.9 Å². The van der Waals surface area contributed by atoms with Gasteiger partial charge in [0.1, 0.15) is 6.04 Å². The molecule has 0 radical (unpaired) electrons. The van der Waals surface area contributed by atoms with Gasteiger partial charge >= 0.3 is 0 Å². The molecule has 1 aliphatic rings. The molecule has 0 aromatic carbocycles. The molecular weight excluding hydrogens is 230 g/mol. The SMILES string of the molecule is CC(O)CCC(O)CCN1C=CN(C(C)C#N)C1. The van der Waals surface area contributed by atoms with E-state index in [2.05, 4.69) is 11.0 Å². The minimum atomic E-state index is -0.365. The van der Waals surface area contributed by atoms with Crippen molar-refractivity contribution in [2.24, 2.45) is 0 Å². The van der Waals surface area contributed by atoms with Crippen molar-refractivity contribution in [1.29, 1.82) is 5.26 Å². The van der Waals surface area contributed by atoms with Gasteiger partial charge < -0.3 is 20.0 Å². The summed E-state index contributed by atoms with van der Waals surface area (Å²) < 4.78 is 0. The third kappa shape index (κ3) is 4.94. The van der Waals surface area contributed by atoms with E-state index >= 15 is 0 Å². The molecule has 0 spiro atoms. The molecule has 2 N–H and O–H groups in total. The van der Waals surface area contributed by atoms with Gasteiger partial charge in [-0.15, -0.1) is 0 Å². The second-order valence-electron chi connectivity index (χ2n) is 4.94. The van der Waals surface area contributed by atoms with Gasteiger partial charge in [0.25, 0.3) is 0 Å². The summed E-state index contributed by atoms with van der Waals surface area (Å²) in [6.45, 7) is 5.08. The summed E-state index contributed by atoms with van der Waals surface area (Å²) >= 11 is 0. The Morgan fingerprint density at radius 2 is 1.94 bits per heavy atom. The lowest BCUT2D eigenvalue weighted by Gasteiger charge is -2.23. The van der Waals surface area contributed by atoms with Crippen LogP contribution in [0.15, 0.2) is 12.4 Å². The van der Waals surface area contributed by atoms with Crippen LogP contribution in [0.4, 0.5) is 0 Å². The number of hydrogen-bond acceptors (Lipinski definition) is 5. The Bertz CT molecular complexity index is 312. The molecule has 102 valence electrons. The first-order valence-corrected chi connectivity index (χ1v) is 6.46.